The predicted molar refractivity (Wildman–Crippen MR) is 121 cm³/mol. The topological polar surface area (TPSA) is 91.4 Å². The lowest BCUT2D eigenvalue weighted by Crippen LogP contribution is -2.39. The Kier molecular flexibility index (Phi) is 5.11. The first-order valence-corrected chi connectivity index (χ1v) is 10.5. The molecule has 0 aliphatic heterocycles. The number of carboxylic acid groups (broad SMARTS) is 1. The van der Waals surface area contributed by atoms with Crippen LogP contribution in [0.25, 0.3) is 22.0 Å². The molecule has 1 unspecified atom stereocenters. The fourth-order valence-electron chi connectivity index (χ4n) is 4.50. The number of fused-ring (bicyclic) bond motifs is 4. The molecular weight excluding hydrogens is 404 g/mol. The van der Waals surface area contributed by atoms with E-state index in [1.165, 1.54) is 0 Å². The number of aromatic amines is 1. The van der Waals surface area contributed by atoms with Gasteiger partial charge in [-0.3, -0.25) is 4.79 Å². The third kappa shape index (κ3) is 3.71. The highest BCUT2D eigenvalue weighted by molar-refractivity contribution is 5.83. The molecule has 3 aromatic carbocycles. The maximum atomic E-state index is 12.9. The third-order valence-corrected chi connectivity index (χ3v) is 5.89. The smallest absolute Gasteiger partial charge is 0.408 e. The van der Waals surface area contributed by atoms with Crippen molar-refractivity contribution in [1.82, 2.24) is 10.3 Å². The van der Waals surface area contributed by atoms with E-state index in [9.17, 15) is 14.7 Å². The molecule has 0 fully saturated rings. The molecule has 1 aromatic heterocycles. The fourth-order valence-corrected chi connectivity index (χ4v) is 4.50. The Labute approximate surface area is 184 Å². The highest BCUT2D eigenvalue weighted by Gasteiger charge is 2.31. The van der Waals surface area contributed by atoms with Crippen molar-refractivity contribution in [2.75, 3.05) is 0 Å². The van der Waals surface area contributed by atoms with Crippen molar-refractivity contribution in [2.45, 2.75) is 25.0 Å². The Hall–Kier alpha value is -4.06. The summed E-state index contributed by atoms with van der Waals surface area (Å²) in [5, 5.41) is 13.2. The van der Waals surface area contributed by atoms with E-state index in [-0.39, 0.29) is 6.42 Å². The zero-order valence-corrected chi connectivity index (χ0v) is 17.2. The van der Waals surface area contributed by atoms with Gasteiger partial charge in [0.1, 0.15) is 0 Å². The van der Waals surface area contributed by atoms with Gasteiger partial charge in [-0.15, -0.1) is 0 Å². The summed E-state index contributed by atoms with van der Waals surface area (Å²) in [6.45, 7) is 0. The first-order valence-electron chi connectivity index (χ1n) is 10.5. The lowest BCUT2D eigenvalue weighted by molar-refractivity contribution is -0.137. The van der Waals surface area contributed by atoms with Gasteiger partial charge in [-0.2, -0.15) is 0 Å². The van der Waals surface area contributed by atoms with Crippen molar-refractivity contribution in [3.05, 3.63) is 95.7 Å². The van der Waals surface area contributed by atoms with Crippen LogP contribution in [0.4, 0.5) is 4.79 Å². The van der Waals surface area contributed by atoms with Crippen LogP contribution in [-0.4, -0.2) is 28.2 Å². The largest absolute Gasteiger partial charge is 0.481 e. The van der Waals surface area contributed by atoms with Crippen LogP contribution in [0, 0.1) is 0 Å². The van der Waals surface area contributed by atoms with Gasteiger partial charge in [0, 0.05) is 34.3 Å². The van der Waals surface area contributed by atoms with Gasteiger partial charge in [-0.05, 0) is 29.2 Å². The first-order chi connectivity index (χ1) is 15.6. The van der Waals surface area contributed by atoms with Crippen LogP contribution in [0.5, 0.6) is 0 Å². The number of carbonyl (C=O) groups excluding carboxylic acids is 1. The average molecular weight is 426 g/mol. The van der Waals surface area contributed by atoms with E-state index in [0.29, 0.717) is 6.42 Å². The van der Waals surface area contributed by atoms with Crippen molar-refractivity contribution < 1.29 is 19.4 Å². The van der Waals surface area contributed by atoms with E-state index in [4.69, 9.17) is 4.74 Å². The standard InChI is InChI=1S/C26H22N2O4/c29-24(30)14-17(13-16-15-27-23-12-6-5-7-18(16)23)28-26(31)32-25-21-10-3-1-8-19(21)20-9-2-4-11-22(20)25/h1-12,15,17,25,27H,13-14H2,(H,28,31)(H,29,30). The zero-order valence-electron chi connectivity index (χ0n) is 17.2. The van der Waals surface area contributed by atoms with Crippen LogP contribution in [0.1, 0.15) is 29.2 Å². The minimum absolute atomic E-state index is 0.202. The number of hydrogen-bond donors (Lipinski definition) is 3. The van der Waals surface area contributed by atoms with Gasteiger partial charge < -0.3 is 20.1 Å². The predicted octanol–water partition coefficient (Wildman–Crippen LogP) is 5.05. The molecule has 3 N–H and O–H groups in total. The van der Waals surface area contributed by atoms with E-state index in [2.05, 4.69) is 10.3 Å². The van der Waals surface area contributed by atoms with Gasteiger partial charge in [0.15, 0.2) is 6.10 Å². The SMILES string of the molecule is O=C(O)CC(Cc1c[nH]c2ccccc12)NC(=O)OC1c2ccccc2-c2ccccc21. The monoisotopic (exact) mass is 426 g/mol. The number of nitrogens with one attached hydrogen (secondary N) is 2. The summed E-state index contributed by atoms with van der Waals surface area (Å²) in [5.41, 5.74) is 5.86. The molecule has 6 heteroatoms. The summed E-state index contributed by atoms with van der Waals surface area (Å²) in [6, 6.07) is 22.9. The number of para-hydroxylation sites is 1. The fraction of sp³-hybridized carbons (Fsp3) is 0.154. The normalized spacial score (nSPS) is 13.4. The Balaban J connectivity index is 1.36. The van der Waals surface area contributed by atoms with Gasteiger partial charge in [-0.25, -0.2) is 4.79 Å². The van der Waals surface area contributed by atoms with Crippen molar-refractivity contribution >= 4 is 23.0 Å². The number of hydrogen-bond acceptors (Lipinski definition) is 3. The number of rotatable bonds is 6. The minimum atomic E-state index is -0.980. The van der Waals surface area contributed by atoms with Crippen molar-refractivity contribution in [3.63, 3.8) is 0 Å². The van der Waals surface area contributed by atoms with Crippen LogP contribution in [-0.2, 0) is 16.0 Å². The minimum Gasteiger partial charge on any atom is -0.481 e. The van der Waals surface area contributed by atoms with Crippen molar-refractivity contribution in [1.29, 1.82) is 0 Å². The maximum Gasteiger partial charge on any atom is 0.408 e. The number of H-pyrrole nitrogens is 1. The first kappa shape index (κ1) is 19.9. The molecule has 1 atom stereocenters. The van der Waals surface area contributed by atoms with Crippen LogP contribution in [0.15, 0.2) is 79.0 Å². The van der Waals surface area contributed by atoms with E-state index in [0.717, 1.165) is 38.7 Å². The van der Waals surface area contributed by atoms with Crippen molar-refractivity contribution in [2.24, 2.45) is 0 Å². The number of ether oxygens (including phenoxy) is 1. The second kappa shape index (κ2) is 8.23. The highest BCUT2D eigenvalue weighted by atomic mass is 16.6. The molecule has 1 amide bonds. The number of benzene rings is 3. The Morgan fingerprint density at radius 3 is 2.25 bits per heavy atom. The van der Waals surface area contributed by atoms with Gasteiger partial charge in [-0.1, -0.05) is 66.7 Å². The Morgan fingerprint density at radius 2 is 1.56 bits per heavy atom. The van der Waals surface area contributed by atoms with Crippen LogP contribution < -0.4 is 5.32 Å². The molecule has 1 aliphatic carbocycles. The quantitative estimate of drug-likeness (QED) is 0.402. The molecule has 5 rings (SSSR count). The van der Waals surface area contributed by atoms with Crippen LogP contribution in [0.2, 0.25) is 0 Å². The molecule has 160 valence electrons. The van der Waals surface area contributed by atoms with Gasteiger partial charge in [0.2, 0.25) is 0 Å². The molecule has 0 saturated heterocycles. The highest BCUT2D eigenvalue weighted by Crippen LogP contribution is 2.45. The zero-order chi connectivity index (χ0) is 22.1. The van der Waals surface area contributed by atoms with Crippen LogP contribution >= 0.6 is 0 Å². The van der Waals surface area contributed by atoms with Gasteiger partial charge in [0.05, 0.1) is 6.42 Å². The second-order valence-corrected chi connectivity index (χ2v) is 7.96. The number of aliphatic carboxylic acids is 1. The number of carbonyl (C=O) groups is 2. The molecule has 0 radical (unpaired) electrons. The summed E-state index contributed by atoms with van der Waals surface area (Å²) in [5.74, 6) is -0.980. The molecule has 1 heterocycles. The summed E-state index contributed by atoms with van der Waals surface area (Å²) in [4.78, 5) is 27.5. The van der Waals surface area contributed by atoms with Gasteiger partial charge >= 0.3 is 12.1 Å². The number of alkyl carbamates (subject to hydrolysis) is 1. The summed E-state index contributed by atoms with van der Waals surface area (Å²) >= 11 is 0. The molecule has 6 nitrogen and oxygen atoms in total. The molecule has 0 saturated carbocycles. The Bertz CT molecular complexity index is 1260. The summed E-state index contributed by atoms with van der Waals surface area (Å²) in [6.07, 6.45) is 0.875. The van der Waals surface area contributed by atoms with E-state index in [1.54, 1.807) is 0 Å². The van der Waals surface area contributed by atoms with Crippen molar-refractivity contribution in [3.8, 4) is 11.1 Å². The average Bonchev–Trinajstić information content (AvgIpc) is 3.33. The number of amides is 1. The number of aromatic nitrogens is 1. The molecular formula is C26H22N2O4. The maximum absolute atomic E-state index is 12.9. The molecule has 32 heavy (non-hydrogen) atoms. The van der Waals surface area contributed by atoms with E-state index in [1.807, 2.05) is 79.0 Å². The third-order valence-electron chi connectivity index (χ3n) is 5.89. The van der Waals surface area contributed by atoms with Gasteiger partial charge in [0.25, 0.3) is 0 Å². The summed E-state index contributed by atoms with van der Waals surface area (Å²) < 4.78 is 5.83. The molecule has 0 spiro atoms. The number of carboxylic acids is 1. The van der Waals surface area contributed by atoms with E-state index < -0.39 is 24.2 Å². The second-order valence-electron chi connectivity index (χ2n) is 7.96. The Morgan fingerprint density at radius 1 is 0.938 bits per heavy atom. The molecule has 0 bridgehead atoms. The lowest BCUT2D eigenvalue weighted by atomic mass is 10.0. The molecule has 1 aliphatic rings. The molecule has 4 aromatic rings. The lowest BCUT2D eigenvalue weighted by Gasteiger charge is -2.20. The van der Waals surface area contributed by atoms with E-state index >= 15 is 0 Å². The summed E-state index contributed by atoms with van der Waals surface area (Å²) in [7, 11) is 0. The van der Waals surface area contributed by atoms with Crippen LogP contribution in [0.3, 0.4) is 0 Å².